The molecule has 3 nitrogen and oxygen atoms in total. The average molecular weight is 259 g/mol. The summed E-state index contributed by atoms with van der Waals surface area (Å²) < 4.78 is 29.7. The first-order chi connectivity index (χ1) is 8.74. The van der Waals surface area contributed by atoms with Crippen molar-refractivity contribution in [1.82, 2.24) is 5.32 Å². The van der Waals surface area contributed by atoms with Crippen molar-refractivity contribution in [3.8, 4) is 0 Å². The van der Waals surface area contributed by atoms with Crippen LogP contribution in [0.1, 0.15) is 24.0 Å². The van der Waals surface area contributed by atoms with E-state index in [1.807, 2.05) is 0 Å². The molecule has 0 saturated heterocycles. The van der Waals surface area contributed by atoms with Gasteiger partial charge in [-0.15, -0.1) is 0 Å². The minimum Gasteiger partial charge on any atom is -0.394 e. The molecule has 0 heterocycles. The van der Waals surface area contributed by atoms with Crippen molar-refractivity contribution in [3.63, 3.8) is 0 Å². The van der Waals surface area contributed by atoms with E-state index in [0.717, 1.165) is 18.5 Å². The van der Waals surface area contributed by atoms with Crippen molar-refractivity contribution in [1.29, 1.82) is 0 Å². The molecule has 0 aliphatic heterocycles. The van der Waals surface area contributed by atoms with Gasteiger partial charge in [0.15, 0.2) is 0 Å². The molecule has 0 bridgehead atoms. The first-order valence-corrected chi connectivity index (χ1v) is 6.00. The predicted octanol–water partition coefficient (Wildman–Crippen LogP) is 2.11. The first kappa shape index (κ1) is 15.0. The first-order valence-electron chi connectivity index (χ1n) is 6.00. The molecule has 0 unspecified atom stereocenters. The molecule has 0 aromatic heterocycles. The Kier molecular flexibility index (Phi) is 7.48. The summed E-state index contributed by atoms with van der Waals surface area (Å²) >= 11 is 0. The largest absolute Gasteiger partial charge is 0.394 e. The second kappa shape index (κ2) is 8.97. The molecule has 0 saturated carbocycles. The zero-order valence-electron chi connectivity index (χ0n) is 10.2. The molecule has 2 N–H and O–H groups in total. The lowest BCUT2D eigenvalue weighted by molar-refractivity contribution is 0.0907. The van der Waals surface area contributed by atoms with Crippen LogP contribution in [0.3, 0.4) is 0 Å². The maximum atomic E-state index is 12.3. The third kappa shape index (κ3) is 6.05. The minimum atomic E-state index is -2.41. The normalized spacial score (nSPS) is 11.1. The second-order valence-corrected chi connectivity index (χ2v) is 3.91. The van der Waals surface area contributed by atoms with Gasteiger partial charge in [0.2, 0.25) is 0 Å². The van der Waals surface area contributed by atoms with Crippen LogP contribution in [0.15, 0.2) is 24.3 Å². The maximum Gasteiger partial charge on any atom is 0.263 e. The number of alkyl halides is 2. The Hall–Kier alpha value is -1.04. The highest BCUT2D eigenvalue weighted by molar-refractivity contribution is 5.23. The Morgan fingerprint density at radius 1 is 1.17 bits per heavy atom. The lowest BCUT2D eigenvalue weighted by Crippen LogP contribution is -2.16. The fraction of sp³-hybridized carbons (Fsp3) is 0.538. The van der Waals surface area contributed by atoms with E-state index in [4.69, 9.17) is 9.84 Å². The van der Waals surface area contributed by atoms with E-state index in [1.54, 1.807) is 12.1 Å². The topological polar surface area (TPSA) is 41.5 Å². The van der Waals surface area contributed by atoms with Gasteiger partial charge in [0.1, 0.15) is 0 Å². The number of hydrogen-bond donors (Lipinski definition) is 2. The standard InChI is InChI=1S/C13H19F2NO2/c14-13(15)12-4-2-11(3-5-12)10-16-6-1-8-18-9-7-17/h2-5,13,16-17H,1,6-10H2. The van der Waals surface area contributed by atoms with Crippen LogP contribution in [0, 0.1) is 0 Å². The van der Waals surface area contributed by atoms with Crippen molar-refractivity contribution in [3.05, 3.63) is 35.4 Å². The van der Waals surface area contributed by atoms with E-state index < -0.39 is 6.43 Å². The highest BCUT2D eigenvalue weighted by Gasteiger charge is 2.05. The van der Waals surface area contributed by atoms with Crippen molar-refractivity contribution in [2.45, 2.75) is 19.4 Å². The quantitative estimate of drug-likeness (QED) is 0.667. The summed E-state index contributed by atoms with van der Waals surface area (Å²) in [5.74, 6) is 0. The van der Waals surface area contributed by atoms with Gasteiger partial charge >= 0.3 is 0 Å². The molecule has 0 amide bonds. The average Bonchev–Trinajstić information content (AvgIpc) is 2.38. The molecule has 1 aromatic rings. The number of benzene rings is 1. The summed E-state index contributed by atoms with van der Waals surface area (Å²) in [6.45, 7) is 2.47. The van der Waals surface area contributed by atoms with E-state index in [-0.39, 0.29) is 12.2 Å². The zero-order chi connectivity index (χ0) is 13.2. The predicted molar refractivity (Wildman–Crippen MR) is 65.6 cm³/mol. The summed E-state index contributed by atoms with van der Waals surface area (Å²) in [6, 6.07) is 6.31. The van der Waals surface area contributed by atoms with Crippen molar-refractivity contribution >= 4 is 0 Å². The molecule has 0 spiro atoms. The molecule has 102 valence electrons. The second-order valence-electron chi connectivity index (χ2n) is 3.91. The van der Waals surface area contributed by atoms with Gasteiger partial charge in [-0.3, -0.25) is 0 Å². The fourth-order valence-electron chi connectivity index (χ4n) is 1.48. The Bertz CT molecular complexity index is 317. The lowest BCUT2D eigenvalue weighted by Gasteiger charge is -2.06. The van der Waals surface area contributed by atoms with Crippen LogP contribution in [-0.4, -0.2) is 31.5 Å². The molecule has 0 aliphatic rings. The van der Waals surface area contributed by atoms with E-state index in [0.29, 0.717) is 19.8 Å². The summed E-state index contributed by atoms with van der Waals surface area (Å²) in [5.41, 5.74) is 1.03. The van der Waals surface area contributed by atoms with E-state index in [9.17, 15) is 8.78 Å². The van der Waals surface area contributed by atoms with Gasteiger partial charge in [0, 0.05) is 18.7 Å². The van der Waals surface area contributed by atoms with Crippen LogP contribution in [-0.2, 0) is 11.3 Å². The van der Waals surface area contributed by atoms with E-state index >= 15 is 0 Å². The van der Waals surface area contributed by atoms with Crippen molar-refractivity contribution in [2.75, 3.05) is 26.4 Å². The Morgan fingerprint density at radius 3 is 2.50 bits per heavy atom. The molecular weight excluding hydrogens is 240 g/mol. The monoisotopic (exact) mass is 259 g/mol. The number of nitrogens with one attached hydrogen (secondary N) is 1. The Balaban J connectivity index is 2.12. The summed E-state index contributed by atoms with van der Waals surface area (Å²) in [6.07, 6.45) is -1.55. The van der Waals surface area contributed by atoms with Gasteiger partial charge in [-0.2, -0.15) is 0 Å². The fourth-order valence-corrected chi connectivity index (χ4v) is 1.48. The lowest BCUT2D eigenvalue weighted by atomic mass is 10.1. The van der Waals surface area contributed by atoms with Crippen molar-refractivity contribution in [2.24, 2.45) is 0 Å². The molecule has 1 aromatic carbocycles. The summed E-state index contributed by atoms with van der Waals surface area (Å²) in [7, 11) is 0. The molecule has 0 radical (unpaired) electrons. The van der Waals surface area contributed by atoms with Crippen molar-refractivity contribution < 1.29 is 18.6 Å². The summed E-state index contributed by atoms with van der Waals surface area (Å²) in [5, 5.41) is 11.7. The van der Waals surface area contributed by atoms with Crippen LogP contribution in [0.25, 0.3) is 0 Å². The van der Waals surface area contributed by atoms with Crippen LogP contribution >= 0.6 is 0 Å². The van der Waals surface area contributed by atoms with Gasteiger partial charge in [-0.1, -0.05) is 24.3 Å². The van der Waals surface area contributed by atoms with Gasteiger partial charge < -0.3 is 15.2 Å². The number of hydrogen-bond acceptors (Lipinski definition) is 3. The zero-order valence-corrected chi connectivity index (χ0v) is 10.2. The number of aliphatic hydroxyl groups excluding tert-OH is 1. The highest BCUT2D eigenvalue weighted by atomic mass is 19.3. The molecule has 0 aliphatic carbocycles. The highest BCUT2D eigenvalue weighted by Crippen LogP contribution is 2.18. The smallest absolute Gasteiger partial charge is 0.263 e. The minimum absolute atomic E-state index is 0.0455. The Morgan fingerprint density at radius 2 is 1.89 bits per heavy atom. The van der Waals surface area contributed by atoms with E-state index in [1.165, 1.54) is 12.1 Å². The SMILES string of the molecule is OCCOCCCNCc1ccc(C(F)F)cc1. The van der Waals surface area contributed by atoms with E-state index in [2.05, 4.69) is 5.32 Å². The maximum absolute atomic E-state index is 12.3. The molecule has 1 rings (SSSR count). The van der Waals surface area contributed by atoms with Crippen LogP contribution in [0.4, 0.5) is 8.78 Å². The van der Waals surface area contributed by atoms with Crippen LogP contribution in [0.5, 0.6) is 0 Å². The van der Waals surface area contributed by atoms with Gasteiger partial charge in [0.05, 0.1) is 13.2 Å². The van der Waals surface area contributed by atoms with Gasteiger partial charge in [0.25, 0.3) is 6.43 Å². The number of ether oxygens (including phenoxy) is 1. The molecule has 0 fully saturated rings. The number of aliphatic hydroxyl groups is 1. The molecule has 18 heavy (non-hydrogen) atoms. The third-order valence-electron chi connectivity index (χ3n) is 2.44. The molecular formula is C13H19F2NO2. The number of halogens is 2. The molecule has 5 heteroatoms. The Labute approximate surface area is 106 Å². The summed E-state index contributed by atoms with van der Waals surface area (Å²) in [4.78, 5) is 0. The van der Waals surface area contributed by atoms with Gasteiger partial charge in [-0.25, -0.2) is 8.78 Å². The number of rotatable bonds is 9. The van der Waals surface area contributed by atoms with Gasteiger partial charge in [-0.05, 0) is 18.5 Å². The molecule has 0 atom stereocenters. The third-order valence-corrected chi connectivity index (χ3v) is 2.44. The van der Waals surface area contributed by atoms with Crippen LogP contribution < -0.4 is 5.32 Å². The van der Waals surface area contributed by atoms with Crippen LogP contribution in [0.2, 0.25) is 0 Å².